The van der Waals surface area contributed by atoms with Crippen LogP contribution in [0.15, 0.2) is 99.4 Å². The smallest absolute Gasteiger partial charge is 0.262 e. The first-order chi connectivity index (χ1) is 24.8. The van der Waals surface area contributed by atoms with E-state index in [1.54, 1.807) is 12.2 Å². The predicted molar refractivity (Wildman–Crippen MR) is 215 cm³/mol. The van der Waals surface area contributed by atoms with Gasteiger partial charge < -0.3 is 0 Å². The number of carbonyl (C=O) groups excluding carboxylic acids is 4. The number of allylic oxidation sites excluding steroid dienone is 6. The zero-order chi connectivity index (χ0) is 39.3. The fraction of sp³-hybridized carbons (Fsp3) is 0.511. The van der Waals surface area contributed by atoms with Crippen LogP contribution >= 0.6 is 0 Å². The van der Waals surface area contributed by atoms with Gasteiger partial charge in [-0.05, 0) is 85.5 Å². The van der Waals surface area contributed by atoms with E-state index >= 15 is 0 Å². The average Bonchev–Trinajstić information content (AvgIpc) is 3.48. The van der Waals surface area contributed by atoms with Gasteiger partial charge in [0, 0.05) is 23.1 Å². The van der Waals surface area contributed by atoms with Crippen LogP contribution in [0, 0.1) is 16.2 Å². The van der Waals surface area contributed by atoms with Crippen LogP contribution in [-0.4, -0.2) is 33.4 Å². The number of rotatable bonds is 11. The Labute approximate surface area is 319 Å². The van der Waals surface area contributed by atoms with E-state index in [-0.39, 0.29) is 47.5 Å². The second kappa shape index (κ2) is 16.8. The molecule has 0 saturated carbocycles. The van der Waals surface area contributed by atoms with E-state index in [0.29, 0.717) is 47.0 Å². The van der Waals surface area contributed by atoms with Gasteiger partial charge in [-0.1, -0.05) is 134 Å². The van der Waals surface area contributed by atoms with Gasteiger partial charge in [0.15, 0.2) is 0 Å². The van der Waals surface area contributed by atoms with Crippen LogP contribution < -0.4 is 0 Å². The molecule has 6 heteroatoms. The van der Waals surface area contributed by atoms with Crippen molar-refractivity contribution in [2.24, 2.45) is 16.2 Å². The average molecular weight is 719 g/mol. The maximum absolute atomic E-state index is 13.4. The summed E-state index contributed by atoms with van der Waals surface area (Å²) >= 11 is 0. The molecule has 0 fully saturated rings. The molecule has 1 aromatic carbocycles. The van der Waals surface area contributed by atoms with Crippen LogP contribution in [-0.2, 0) is 32.3 Å². The van der Waals surface area contributed by atoms with Gasteiger partial charge >= 0.3 is 0 Å². The Morgan fingerprint density at radius 2 is 1.21 bits per heavy atom. The van der Waals surface area contributed by atoms with Crippen LogP contribution in [0.5, 0.6) is 0 Å². The lowest BCUT2D eigenvalue weighted by molar-refractivity contribution is -0.139. The van der Waals surface area contributed by atoms with Gasteiger partial charge in [0.25, 0.3) is 23.6 Å². The van der Waals surface area contributed by atoms with E-state index in [1.807, 2.05) is 24.3 Å². The molecule has 0 saturated heterocycles. The third-order valence-electron chi connectivity index (χ3n) is 11.4. The molecule has 0 N–H and O–H groups in total. The highest BCUT2D eigenvalue weighted by Crippen LogP contribution is 2.43. The molecule has 284 valence electrons. The summed E-state index contributed by atoms with van der Waals surface area (Å²) in [7, 11) is 0. The number of hydrogen-bond acceptors (Lipinski definition) is 4. The molecule has 4 amide bonds. The molecule has 0 radical (unpaired) electrons. The zero-order valence-corrected chi connectivity index (χ0v) is 34.3. The van der Waals surface area contributed by atoms with Crippen molar-refractivity contribution in [2.75, 3.05) is 0 Å². The van der Waals surface area contributed by atoms with Gasteiger partial charge in [0.2, 0.25) is 0 Å². The molecule has 0 aromatic heterocycles. The van der Waals surface area contributed by atoms with Crippen molar-refractivity contribution in [2.45, 2.75) is 141 Å². The summed E-state index contributed by atoms with van der Waals surface area (Å²) < 4.78 is 0. The number of nitrogens with zero attached hydrogens (tertiary/aromatic N) is 2. The topological polar surface area (TPSA) is 74.8 Å². The maximum Gasteiger partial charge on any atom is 0.262 e. The van der Waals surface area contributed by atoms with Crippen molar-refractivity contribution in [1.29, 1.82) is 0 Å². The molecule has 4 aliphatic rings. The Balaban J connectivity index is 0.000000495. The lowest BCUT2D eigenvalue weighted by Gasteiger charge is -2.30. The van der Waals surface area contributed by atoms with Crippen LogP contribution in [0.2, 0.25) is 0 Å². The van der Waals surface area contributed by atoms with Crippen LogP contribution in [0.25, 0.3) is 0 Å². The molecule has 5 rings (SSSR count). The monoisotopic (exact) mass is 718 g/mol. The molecular weight excluding hydrogens is 657 g/mol. The van der Waals surface area contributed by atoms with Crippen molar-refractivity contribution >= 4 is 23.6 Å². The molecule has 0 unspecified atom stereocenters. The van der Waals surface area contributed by atoms with Crippen molar-refractivity contribution in [3.05, 3.63) is 111 Å². The number of hydrogen-bond donors (Lipinski definition) is 0. The quantitative estimate of drug-likeness (QED) is 0.0988. The van der Waals surface area contributed by atoms with Crippen molar-refractivity contribution < 1.29 is 19.2 Å². The van der Waals surface area contributed by atoms with E-state index < -0.39 is 0 Å². The van der Waals surface area contributed by atoms with Crippen LogP contribution in [0.4, 0.5) is 0 Å². The molecule has 1 aromatic rings. The zero-order valence-electron chi connectivity index (χ0n) is 34.3. The van der Waals surface area contributed by atoms with E-state index in [0.717, 1.165) is 24.0 Å². The molecule has 0 spiro atoms. The van der Waals surface area contributed by atoms with Gasteiger partial charge in [-0.2, -0.15) is 0 Å². The molecule has 2 heterocycles. The van der Waals surface area contributed by atoms with Crippen LogP contribution in [0.1, 0.15) is 139 Å². The molecule has 2 aliphatic heterocycles. The normalized spacial score (nSPS) is 18.2. The number of imide groups is 2. The number of unbranched alkanes of at least 4 members (excludes halogenated alkanes) is 2. The minimum Gasteiger partial charge on any atom is -0.270 e. The summed E-state index contributed by atoms with van der Waals surface area (Å²) in [5.41, 5.74) is 11.3. The Morgan fingerprint density at radius 3 is 1.74 bits per heavy atom. The molecule has 0 atom stereocenters. The standard InChI is InChI=1S/C36H40N2O4.C11H22/c1-23(35(2,3)4)10-9-19-36(5,6)26-17-18-29-30(20-26)34(42)38(33(29)41)22-25-15-13-24(14-16-25)21-37-31(39)27-11-7-8-12-28(27)32(37)40;1-6-7-8-9-10(2)11(3,4)5/h7,10,12-17H,9,11,18-22H2,1-6H3;9H,6-8H2,1-5H3/b23-10+;10-9+. The summed E-state index contributed by atoms with van der Waals surface area (Å²) in [5, 5.41) is 0. The highest BCUT2D eigenvalue weighted by atomic mass is 16.2. The second-order valence-corrected chi connectivity index (χ2v) is 17.7. The summed E-state index contributed by atoms with van der Waals surface area (Å²) in [6.07, 6.45) is 17.4. The van der Waals surface area contributed by atoms with Gasteiger partial charge in [-0.15, -0.1) is 5.73 Å². The number of amides is 4. The fourth-order valence-electron chi connectivity index (χ4n) is 6.71. The maximum atomic E-state index is 13.4. The van der Waals surface area contributed by atoms with Gasteiger partial charge in [0.05, 0.1) is 18.7 Å². The Bertz CT molecular complexity index is 1840. The Kier molecular flexibility index (Phi) is 13.2. The van der Waals surface area contributed by atoms with Crippen molar-refractivity contribution in [3.8, 4) is 0 Å². The van der Waals surface area contributed by atoms with E-state index in [9.17, 15) is 19.2 Å². The number of benzene rings is 1. The van der Waals surface area contributed by atoms with Gasteiger partial charge in [-0.3, -0.25) is 29.0 Å². The minimum atomic E-state index is -0.294. The lowest BCUT2D eigenvalue weighted by atomic mass is 9.74. The first-order valence-electron chi connectivity index (χ1n) is 19.5. The van der Waals surface area contributed by atoms with Crippen molar-refractivity contribution in [1.82, 2.24) is 9.80 Å². The van der Waals surface area contributed by atoms with Crippen LogP contribution in [0.3, 0.4) is 0 Å². The molecule has 2 aliphatic carbocycles. The van der Waals surface area contributed by atoms with Gasteiger partial charge in [-0.25, -0.2) is 0 Å². The summed E-state index contributed by atoms with van der Waals surface area (Å²) in [4.78, 5) is 54.8. The summed E-state index contributed by atoms with van der Waals surface area (Å²) in [6.45, 7) is 25.0. The third kappa shape index (κ3) is 10.0. The fourth-order valence-corrected chi connectivity index (χ4v) is 6.71. The first kappa shape index (κ1) is 41.5. The molecule has 0 bridgehead atoms. The Hall–Kier alpha value is -4.28. The SMILES string of the molecule is C/C(=C\CCC(C)(C)C1=CCC2=C(C1)C(=O)N(Cc1ccc(CN3C(=O)C4=C(CC=C=C4)C3=O)cc1)C2=O)C(C)(C)C.CCCC/C=C(\C)C(C)(C)C. The first-order valence-corrected chi connectivity index (χ1v) is 19.5. The Morgan fingerprint density at radius 1 is 0.698 bits per heavy atom. The van der Waals surface area contributed by atoms with Gasteiger partial charge in [0.1, 0.15) is 0 Å². The summed E-state index contributed by atoms with van der Waals surface area (Å²) in [6, 6.07) is 7.40. The van der Waals surface area contributed by atoms with E-state index in [2.05, 4.69) is 100 Å². The second-order valence-electron chi connectivity index (χ2n) is 17.7. The highest BCUT2D eigenvalue weighted by Gasteiger charge is 2.41. The van der Waals surface area contributed by atoms with E-state index in [4.69, 9.17) is 0 Å². The lowest BCUT2D eigenvalue weighted by Crippen LogP contribution is -2.31. The number of carbonyl (C=O) groups is 4. The molecule has 53 heavy (non-hydrogen) atoms. The van der Waals surface area contributed by atoms with E-state index in [1.165, 1.54) is 45.8 Å². The predicted octanol–water partition coefficient (Wildman–Crippen LogP) is 10.8. The largest absolute Gasteiger partial charge is 0.270 e. The minimum absolute atomic E-state index is 0.0700. The molecule has 6 nitrogen and oxygen atoms in total. The highest BCUT2D eigenvalue weighted by molar-refractivity contribution is 6.21. The van der Waals surface area contributed by atoms with Crippen molar-refractivity contribution in [3.63, 3.8) is 0 Å². The summed E-state index contributed by atoms with van der Waals surface area (Å²) in [5.74, 6) is -0.958. The molecular formula is C47H62N2O4. The third-order valence-corrected chi connectivity index (χ3v) is 11.4.